The first-order valence-corrected chi connectivity index (χ1v) is 8.91. The predicted molar refractivity (Wildman–Crippen MR) is 102 cm³/mol. The van der Waals surface area contributed by atoms with Gasteiger partial charge in [-0.25, -0.2) is 9.48 Å². The zero-order chi connectivity index (χ0) is 18.0. The molecule has 3 aromatic rings. The molecule has 128 valence electrons. The first kappa shape index (κ1) is 17.4. The van der Waals surface area contributed by atoms with Crippen LogP contribution in [0.5, 0.6) is 5.88 Å². The summed E-state index contributed by atoms with van der Waals surface area (Å²) in [5, 5.41) is 4.58. The standard InChI is InChI=1S/C20H19BrN2O2/c1-4-17-12-19(25-20(24)15-6-8-16(21)9-7-15)23(22-17)18-10-5-13(2)11-14(18)3/h5-12H,4H2,1-3H3. The minimum absolute atomic E-state index is 0.402. The smallest absolute Gasteiger partial charge is 0.344 e. The van der Waals surface area contributed by atoms with Gasteiger partial charge in [-0.2, -0.15) is 5.10 Å². The van der Waals surface area contributed by atoms with E-state index < -0.39 is 5.97 Å². The largest absolute Gasteiger partial charge is 0.404 e. The van der Waals surface area contributed by atoms with E-state index in [-0.39, 0.29) is 0 Å². The van der Waals surface area contributed by atoms with Crippen LogP contribution in [0.2, 0.25) is 0 Å². The molecule has 0 saturated carbocycles. The summed E-state index contributed by atoms with van der Waals surface area (Å²) < 4.78 is 8.25. The Morgan fingerprint density at radius 3 is 2.48 bits per heavy atom. The summed E-state index contributed by atoms with van der Waals surface area (Å²) in [5.41, 5.74) is 4.53. The van der Waals surface area contributed by atoms with E-state index in [1.807, 2.05) is 51.1 Å². The lowest BCUT2D eigenvalue weighted by Crippen LogP contribution is -2.12. The lowest BCUT2D eigenvalue weighted by Gasteiger charge is -2.11. The molecule has 5 heteroatoms. The highest BCUT2D eigenvalue weighted by Crippen LogP contribution is 2.24. The van der Waals surface area contributed by atoms with E-state index in [1.54, 1.807) is 16.8 Å². The van der Waals surface area contributed by atoms with Crippen LogP contribution in [0.15, 0.2) is 53.0 Å². The van der Waals surface area contributed by atoms with Crippen molar-refractivity contribution in [3.05, 3.63) is 75.4 Å². The summed E-state index contributed by atoms with van der Waals surface area (Å²) in [6.45, 7) is 6.09. The lowest BCUT2D eigenvalue weighted by atomic mass is 10.1. The number of aryl methyl sites for hydroxylation is 3. The second kappa shape index (κ2) is 7.23. The van der Waals surface area contributed by atoms with Crippen molar-refractivity contribution in [1.29, 1.82) is 0 Å². The highest BCUT2D eigenvalue weighted by atomic mass is 79.9. The normalized spacial score (nSPS) is 10.7. The number of aromatic nitrogens is 2. The zero-order valence-corrected chi connectivity index (χ0v) is 16.0. The van der Waals surface area contributed by atoms with E-state index in [9.17, 15) is 4.79 Å². The number of carbonyl (C=O) groups excluding carboxylic acids is 1. The maximum Gasteiger partial charge on any atom is 0.344 e. The van der Waals surface area contributed by atoms with E-state index in [4.69, 9.17) is 4.74 Å². The van der Waals surface area contributed by atoms with E-state index in [1.165, 1.54) is 5.56 Å². The molecule has 1 heterocycles. The minimum atomic E-state index is -0.402. The van der Waals surface area contributed by atoms with Gasteiger partial charge in [-0.3, -0.25) is 0 Å². The van der Waals surface area contributed by atoms with Gasteiger partial charge in [0, 0.05) is 10.5 Å². The summed E-state index contributed by atoms with van der Waals surface area (Å²) in [4.78, 5) is 12.5. The summed E-state index contributed by atoms with van der Waals surface area (Å²) >= 11 is 3.36. The van der Waals surface area contributed by atoms with Crippen molar-refractivity contribution in [1.82, 2.24) is 9.78 Å². The van der Waals surface area contributed by atoms with Crippen LogP contribution < -0.4 is 4.74 Å². The molecule has 0 aliphatic heterocycles. The van der Waals surface area contributed by atoms with Gasteiger partial charge in [-0.05, 0) is 56.2 Å². The van der Waals surface area contributed by atoms with Gasteiger partial charge in [0.25, 0.3) is 0 Å². The average Bonchev–Trinajstić information content (AvgIpc) is 2.98. The maximum absolute atomic E-state index is 12.5. The molecular formula is C20H19BrN2O2. The summed E-state index contributed by atoms with van der Waals surface area (Å²) in [7, 11) is 0. The molecule has 4 nitrogen and oxygen atoms in total. The highest BCUT2D eigenvalue weighted by molar-refractivity contribution is 9.10. The molecule has 2 aromatic carbocycles. The average molecular weight is 399 g/mol. The maximum atomic E-state index is 12.5. The van der Waals surface area contributed by atoms with Gasteiger partial charge in [-0.15, -0.1) is 0 Å². The molecule has 1 aromatic heterocycles. The summed E-state index contributed by atoms with van der Waals surface area (Å²) in [6, 6.07) is 15.0. The molecule has 0 bridgehead atoms. The van der Waals surface area contributed by atoms with E-state index in [0.717, 1.165) is 27.8 Å². The van der Waals surface area contributed by atoms with Crippen molar-refractivity contribution in [2.45, 2.75) is 27.2 Å². The molecule has 0 fully saturated rings. The Balaban J connectivity index is 1.97. The van der Waals surface area contributed by atoms with Gasteiger partial charge in [0.2, 0.25) is 5.88 Å². The molecular weight excluding hydrogens is 380 g/mol. The number of hydrogen-bond acceptors (Lipinski definition) is 3. The van der Waals surface area contributed by atoms with Crippen molar-refractivity contribution in [2.24, 2.45) is 0 Å². The number of benzene rings is 2. The minimum Gasteiger partial charge on any atom is -0.404 e. The fraction of sp³-hybridized carbons (Fsp3) is 0.200. The molecule has 0 radical (unpaired) electrons. The quantitative estimate of drug-likeness (QED) is 0.578. The number of carbonyl (C=O) groups is 1. The van der Waals surface area contributed by atoms with E-state index >= 15 is 0 Å². The number of hydrogen-bond donors (Lipinski definition) is 0. The van der Waals surface area contributed by atoms with Crippen LogP contribution in [0.1, 0.15) is 34.1 Å². The Hall–Kier alpha value is -2.40. The van der Waals surface area contributed by atoms with Crippen molar-refractivity contribution in [3.8, 4) is 11.6 Å². The van der Waals surface area contributed by atoms with Crippen LogP contribution >= 0.6 is 15.9 Å². The predicted octanol–water partition coefficient (Wildman–Crippen LogP) is 5.03. The third-order valence-corrected chi connectivity index (χ3v) is 4.48. The van der Waals surface area contributed by atoms with Crippen molar-refractivity contribution >= 4 is 21.9 Å². The molecule has 0 aliphatic carbocycles. The van der Waals surface area contributed by atoms with Gasteiger partial charge < -0.3 is 4.74 Å². The second-order valence-electron chi connectivity index (χ2n) is 5.93. The van der Waals surface area contributed by atoms with Gasteiger partial charge in [0.15, 0.2) is 0 Å². The topological polar surface area (TPSA) is 44.1 Å². The number of rotatable bonds is 4. The fourth-order valence-corrected chi connectivity index (χ4v) is 2.88. The van der Waals surface area contributed by atoms with Crippen LogP contribution in [0, 0.1) is 13.8 Å². The molecule has 25 heavy (non-hydrogen) atoms. The van der Waals surface area contributed by atoms with Crippen molar-refractivity contribution in [2.75, 3.05) is 0 Å². The van der Waals surface area contributed by atoms with Crippen LogP contribution in [-0.4, -0.2) is 15.7 Å². The van der Waals surface area contributed by atoms with Crippen LogP contribution in [0.25, 0.3) is 5.69 Å². The summed E-state index contributed by atoms with van der Waals surface area (Å²) in [6.07, 6.45) is 0.765. The fourth-order valence-electron chi connectivity index (χ4n) is 2.61. The number of nitrogens with zero attached hydrogens (tertiary/aromatic N) is 2. The second-order valence-corrected chi connectivity index (χ2v) is 6.84. The Kier molecular flexibility index (Phi) is 5.04. The Labute approximate surface area is 155 Å². The van der Waals surface area contributed by atoms with Crippen molar-refractivity contribution in [3.63, 3.8) is 0 Å². The molecule has 0 N–H and O–H groups in total. The molecule has 0 saturated heterocycles. The van der Waals surface area contributed by atoms with Gasteiger partial charge in [0.05, 0.1) is 16.9 Å². The van der Waals surface area contributed by atoms with E-state index in [0.29, 0.717) is 11.4 Å². The van der Waals surface area contributed by atoms with E-state index in [2.05, 4.69) is 27.1 Å². The van der Waals surface area contributed by atoms with Crippen molar-refractivity contribution < 1.29 is 9.53 Å². The van der Waals surface area contributed by atoms with Gasteiger partial charge in [0.1, 0.15) is 0 Å². The number of halogens is 1. The SMILES string of the molecule is CCc1cc(OC(=O)c2ccc(Br)cc2)n(-c2ccc(C)cc2C)n1. The molecule has 3 rings (SSSR count). The lowest BCUT2D eigenvalue weighted by molar-refractivity contribution is 0.0723. The molecule has 0 aliphatic rings. The molecule has 0 amide bonds. The third-order valence-electron chi connectivity index (χ3n) is 3.95. The number of ether oxygens (including phenoxy) is 1. The first-order chi connectivity index (χ1) is 12.0. The third kappa shape index (κ3) is 3.82. The molecule has 0 spiro atoms. The zero-order valence-electron chi connectivity index (χ0n) is 14.4. The Morgan fingerprint density at radius 2 is 1.84 bits per heavy atom. The number of esters is 1. The van der Waals surface area contributed by atoms with Crippen LogP contribution in [0.4, 0.5) is 0 Å². The Morgan fingerprint density at radius 1 is 1.12 bits per heavy atom. The molecule has 0 atom stereocenters. The first-order valence-electron chi connectivity index (χ1n) is 8.12. The monoisotopic (exact) mass is 398 g/mol. The summed E-state index contributed by atoms with van der Waals surface area (Å²) in [5.74, 6) is 0.0257. The highest BCUT2D eigenvalue weighted by Gasteiger charge is 2.16. The van der Waals surface area contributed by atoms with Gasteiger partial charge in [-0.1, -0.05) is 40.5 Å². The molecule has 0 unspecified atom stereocenters. The Bertz CT molecular complexity index is 914. The van der Waals surface area contributed by atoms with Crippen LogP contribution in [0.3, 0.4) is 0 Å². The van der Waals surface area contributed by atoms with Gasteiger partial charge >= 0.3 is 5.97 Å². The van der Waals surface area contributed by atoms with Crippen LogP contribution in [-0.2, 0) is 6.42 Å².